The van der Waals surface area contributed by atoms with Crippen LogP contribution in [0.1, 0.15) is 17.0 Å². The molecule has 2 heterocycles. The van der Waals surface area contributed by atoms with Gasteiger partial charge in [-0.2, -0.15) is 0 Å². The predicted molar refractivity (Wildman–Crippen MR) is 78.9 cm³/mol. The van der Waals surface area contributed by atoms with Crippen LogP contribution in [0.15, 0.2) is 54.6 Å². The van der Waals surface area contributed by atoms with Gasteiger partial charge in [-0.25, -0.2) is 0 Å². The number of aromatic hydroxyl groups is 1. The maximum atomic E-state index is 9.78. The Labute approximate surface area is 121 Å². The average Bonchev–Trinajstić information content (AvgIpc) is 3.02. The molecule has 2 aliphatic rings. The number of ether oxygens (including phenoxy) is 2. The first-order valence-corrected chi connectivity index (χ1v) is 6.99. The maximum Gasteiger partial charge on any atom is 0.252 e. The van der Waals surface area contributed by atoms with E-state index in [-0.39, 0.29) is 18.0 Å². The predicted octanol–water partition coefficient (Wildman–Crippen LogP) is 3.79. The highest BCUT2D eigenvalue weighted by Gasteiger charge is 2.44. The maximum absolute atomic E-state index is 9.78. The Morgan fingerprint density at radius 3 is 2.62 bits per heavy atom. The van der Waals surface area contributed by atoms with Crippen LogP contribution < -0.4 is 9.47 Å². The number of fused-ring (bicyclic) bond motifs is 7. The molecule has 5 rings (SSSR count). The lowest BCUT2D eigenvalue weighted by molar-refractivity contribution is 0.0330. The van der Waals surface area contributed by atoms with Crippen molar-refractivity contribution in [3.8, 4) is 17.2 Å². The van der Waals surface area contributed by atoms with Gasteiger partial charge < -0.3 is 14.6 Å². The first-order chi connectivity index (χ1) is 10.3. The van der Waals surface area contributed by atoms with Gasteiger partial charge in [0.15, 0.2) is 0 Å². The highest BCUT2D eigenvalue weighted by molar-refractivity contribution is 5.89. The average molecular weight is 276 g/mol. The molecule has 0 spiro atoms. The van der Waals surface area contributed by atoms with Gasteiger partial charge in [0, 0.05) is 11.1 Å². The van der Waals surface area contributed by atoms with Gasteiger partial charge >= 0.3 is 0 Å². The molecule has 0 fully saturated rings. The minimum absolute atomic E-state index is 0.0215. The Hall–Kier alpha value is -2.68. The van der Waals surface area contributed by atoms with E-state index in [1.807, 2.05) is 18.2 Å². The summed E-state index contributed by atoms with van der Waals surface area (Å²) in [5, 5.41) is 12.2. The van der Waals surface area contributed by atoms with E-state index in [1.165, 1.54) is 10.8 Å². The molecule has 2 atom stereocenters. The van der Waals surface area contributed by atoms with Crippen LogP contribution in [0.4, 0.5) is 0 Å². The zero-order valence-electron chi connectivity index (χ0n) is 11.1. The second kappa shape index (κ2) is 3.70. The molecule has 1 N–H and O–H groups in total. The van der Waals surface area contributed by atoms with Crippen molar-refractivity contribution in [1.29, 1.82) is 0 Å². The van der Waals surface area contributed by atoms with Gasteiger partial charge in [-0.05, 0) is 35.0 Å². The minimum atomic E-state index is -0.331. The summed E-state index contributed by atoms with van der Waals surface area (Å²) in [5.41, 5.74) is 2.15. The highest BCUT2D eigenvalue weighted by Crippen LogP contribution is 2.52. The fourth-order valence-electron chi connectivity index (χ4n) is 3.43. The molecule has 3 aromatic rings. The smallest absolute Gasteiger partial charge is 0.252 e. The number of hydrogen-bond donors (Lipinski definition) is 1. The summed E-state index contributed by atoms with van der Waals surface area (Å²) in [7, 11) is 0. The first-order valence-electron chi connectivity index (χ1n) is 6.99. The topological polar surface area (TPSA) is 38.7 Å². The largest absolute Gasteiger partial charge is 0.508 e. The van der Waals surface area contributed by atoms with E-state index in [0.717, 1.165) is 22.6 Å². The standard InChI is InChI=1S/C18H12O3/c19-11-6-8-14-13(9-11)17-16-12-4-2-1-3-10(12)5-7-15(16)21-18(17)20-14/h1-9,17-19H. The third kappa shape index (κ3) is 1.38. The number of rotatable bonds is 0. The molecule has 3 nitrogen and oxygen atoms in total. The summed E-state index contributed by atoms with van der Waals surface area (Å²) in [5.74, 6) is 1.94. The summed E-state index contributed by atoms with van der Waals surface area (Å²) in [4.78, 5) is 0. The number of hydrogen-bond acceptors (Lipinski definition) is 3. The molecule has 3 heteroatoms. The zero-order valence-corrected chi connectivity index (χ0v) is 11.1. The molecular weight excluding hydrogens is 264 g/mol. The van der Waals surface area contributed by atoms with Crippen LogP contribution in [0.2, 0.25) is 0 Å². The van der Waals surface area contributed by atoms with Crippen molar-refractivity contribution in [2.75, 3.05) is 0 Å². The molecule has 2 aliphatic heterocycles. The summed E-state index contributed by atoms with van der Waals surface area (Å²) in [6.07, 6.45) is -0.331. The Morgan fingerprint density at radius 2 is 1.67 bits per heavy atom. The van der Waals surface area contributed by atoms with Crippen LogP contribution in [0, 0.1) is 0 Å². The Kier molecular flexibility index (Phi) is 1.94. The summed E-state index contributed by atoms with van der Waals surface area (Å²) < 4.78 is 11.8. The number of phenols is 1. The van der Waals surface area contributed by atoms with Crippen LogP contribution in [0.5, 0.6) is 17.2 Å². The van der Waals surface area contributed by atoms with Gasteiger partial charge in [0.2, 0.25) is 0 Å². The fraction of sp³-hybridized carbons (Fsp3) is 0.111. The van der Waals surface area contributed by atoms with Crippen molar-refractivity contribution >= 4 is 10.8 Å². The van der Waals surface area contributed by atoms with Crippen molar-refractivity contribution in [2.45, 2.75) is 12.2 Å². The summed E-state index contributed by atoms with van der Waals surface area (Å²) >= 11 is 0. The summed E-state index contributed by atoms with van der Waals surface area (Å²) in [6, 6.07) is 17.6. The lowest BCUT2D eigenvalue weighted by Gasteiger charge is -2.09. The zero-order chi connectivity index (χ0) is 14.0. The van der Waals surface area contributed by atoms with Crippen molar-refractivity contribution in [2.24, 2.45) is 0 Å². The van der Waals surface area contributed by atoms with Crippen molar-refractivity contribution < 1.29 is 14.6 Å². The van der Waals surface area contributed by atoms with E-state index in [0.29, 0.717) is 0 Å². The van der Waals surface area contributed by atoms with Crippen molar-refractivity contribution in [1.82, 2.24) is 0 Å². The summed E-state index contributed by atoms with van der Waals surface area (Å²) in [6.45, 7) is 0. The molecule has 2 unspecified atom stereocenters. The molecule has 3 aromatic carbocycles. The van der Waals surface area contributed by atoms with E-state index in [4.69, 9.17) is 9.47 Å². The molecule has 0 radical (unpaired) electrons. The first kappa shape index (κ1) is 11.0. The van der Waals surface area contributed by atoms with Crippen LogP contribution in [-0.4, -0.2) is 11.4 Å². The highest BCUT2D eigenvalue weighted by atomic mass is 16.7. The molecule has 0 aromatic heterocycles. The lowest BCUT2D eigenvalue weighted by atomic mass is 9.89. The van der Waals surface area contributed by atoms with Gasteiger partial charge in [-0.3, -0.25) is 0 Å². The SMILES string of the molecule is Oc1ccc2c(c1)C1c3c(ccc4ccccc34)OC1O2. The van der Waals surface area contributed by atoms with Gasteiger partial charge in [0.1, 0.15) is 17.2 Å². The second-order valence-electron chi connectivity index (χ2n) is 5.50. The Balaban J connectivity index is 1.82. The van der Waals surface area contributed by atoms with Crippen LogP contribution in [-0.2, 0) is 0 Å². The van der Waals surface area contributed by atoms with Gasteiger partial charge in [0.25, 0.3) is 6.29 Å². The molecule has 0 aliphatic carbocycles. The third-order valence-corrected chi connectivity index (χ3v) is 4.33. The van der Waals surface area contributed by atoms with E-state index in [9.17, 15) is 5.11 Å². The Bertz CT molecular complexity index is 885. The molecular formula is C18H12O3. The second-order valence-corrected chi connectivity index (χ2v) is 5.50. The minimum Gasteiger partial charge on any atom is -0.508 e. The van der Waals surface area contributed by atoms with Crippen LogP contribution in [0.3, 0.4) is 0 Å². The molecule has 0 saturated carbocycles. The number of benzene rings is 3. The van der Waals surface area contributed by atoms with Crippen LogP contribution in [0.25, 0.3) is 10.8 Å². The fourth-order valence-corrected chi connectivity index (χ4v) is 3.43. The van der Waals surface area contributed by atoms with Gasteiger partial charge in [0.05, 0.1) is 5.92 Å². The lowest BCUT2D eigenvalue weighted by Crippen LogP contribution is -2.19. The van der Waals surface area contributed by atoms with Crippen molar-refractivity contribution in [3.63, 3.8) is 0 Å². The molecule has 21 heavy (non-hydrogen) atoms. The quantitative estimate of drug-likeness (QED) is 0.679. The number of phenolic OH excluding ortho intramolecular Hbond substituents is 1. The van der Waals surface area contributed by atoms with Crippen LogP contribution >= 0.6 is 0 Å². The third-order valence-electron chi connectivity index (χ3n) is 4.33. The normalized spacial score (nSPS) is 21.3. The van der Waals surface area contributed by atoms with E-state index >= 15 is 0 Å². The Morgan fingerprint density at radius 1 is 0.857 bits per heavy atom. The molecule has 0 saturated heterocycles. The van der Waals surface area contributed by atoms with Gasteiger partial charge in [-0.15, -0.1) is 0 Å². The van der Waals surface area contributed by atoms with E-state index in [2.05, 4.69) is 18.2 Å². The van der Waals surface area contributed by atoms with E-state index < -0.39 is 0 Å². The molecule has 0 bridgehead atoms. The molecule has 102 valence electrons. The van der Waals surface area contributed by atoms with Gasteiger partial charge in [-0.1, -0.05) is 30.3 Å². The monoisotopic (exact) mass is 276 g/mol. The van der Waals surface area contributed by atoms with E-state index in [1.54, 1.807) is 18.2 Å². The van der Waals surface area contributed by atoms with Crippen molar-refractivity contribution in [3.05, 3.63) is 65.7 Å². The molecule has 0 amide bonds.